The van der Waals surface area contributed by atoms with E-state index in [-0.39, 0.29) is 11.8 Å². The number of hydrogen-bond donors (Lipinski definition) is 4. The molecule has 1 aliphatic rings. The molecule has 1 aliphatic carbocycles. The second-order valence-corrected chi connectivity index (χ2v) is 10.3. The SMILES string of the molecule is Cc1cc(Nc2ncc(-c3cnn(-c4ccccc4O)c3)c(NC3CCC(NC(=O)C(F)(F)F)CC3)n2)ccc1Cl. The number of para-hydroxylation sites is 2. The molecule has 0 radical (unpaired) electrons. The van der Waals surface area contributed by atoms with E-state index in [0.29, 0.717) is 59.3 Å². The van der Waals surface area contributed by atoms with E-state index < -0.39 is 18.1 Å². The molecule has 0 spiro atoms. The Bertz CT molecular complexity index is 1550. The first-order chi connectivity index (χ1) is 19.6. The molecule has 0 unspecified atom stereocenters. The maximum atomic E-state index is 12.7. The number of alkyl halides is 3. The summed E-state index contributed by atoms with van der Waals surface area (Å²) in [6.45, 7) is 1.89. The summed E-state index contributed by atoms with van der Waals surface area (Å²) in [7, 11) is 0. The monoisotopic (exact) mass is 585 g/mol. The van der Waals surface area contributed by atoms with Gasteiger partial charge >= 0.3 is 12.1 Å². The molecule has 214 valence electrons. The Hall–Kier alpha value is -4.32. The van der Waals surface area contributed by atoms with Gasteiger partial charge in [0.25, 0.3) is 0 Å². The average Bonchev–Trinajstić information content (AvgIpc) is 3.41. The van der Waals surface area contributed by atoms with Gasteiger partial charge < -0.3 is 21.1 Å². The number of phenols is 1. The number of phenolic OH excluding ortho intramolecular Hbond substituents is 1. The number of halogens is 4. The first kappa shape index (κ1) is 28.2. The number of hydrogen-bond acceptors (Lipinski definition) is 7. The van der Waals surface area contributed by atoms with Crippen LogP contribution in [0.15, 0.2) is 61.1 Å². The van der Waals surface area contributed by atoms with Crippen LogP contribution in [0.5, 0.6) is 5.75 Å². The van der Waals surface area contributed by atoms with Gasteiger partial charge in [0.1, 0.15) is 17.3 Å². The van der Waals surface area contributed by atoms with Crippen LogP contribution in [0.4, 0.5) is 30.6 Å². The summed E-state index contributed by atoms with van der Waals surface area (Å²) >= 11 is 6.15. The number of aryl methyl sites for hydroxylation is 1. The lowest BCUT2D eigenvalue weighted by molar-refractivity contribution is -0.174. The van der Waals surface area contributed by atoms with Gasteiger partial charge in [0, 0.05) is 46.3 Å². The van der Waals surface area contributed by atoms with Gasteiger partial charge in [-0.3, -0.25) is 4.79 Å². The van der Waals surface area contributed by atoms with Crippen molar-refractivity contribution in [3.8, 4) is 22.6 Å². The molecule has 0 bridgehead atoms. The predicted molar refractivity (Wildman–Crippen MR) is 150 cm³/mol. The maximum Gasteiger partial charge on any atom is 0.471 e. The van der Waals surface area contributed by atoms with E-state index in [0.717, 1.165) is 11.3 Å². The standard InChI is InChI=1S/C28H27ClF3N7O2/c1-16-12-20(10-11-22(16)29)37-27-33-14-21(17-13-34-39(15-17)23-4-2-3-5-24(23)40)25(38-27)35-18-6-8-19(9-7-18)36-26(41)28(30,31)32/h2-5,10-15,18-19,40H,6-9H2,1H3,(H,36,41)(H2,33,35,37,38). The van der Waals surface area contributed by atoms with Crippen LogP contribution in [0, 0.1) is 6.92 Å². The molecule has 2 heterocycles. The molecule has 1 saturated carbocycles. The third-order valence-electron chi connectivity index (χ3n) is 6.89. The van der Waals surface area contributed by atoms with Crippen molar-refractivity contribution in [1.29, 1.82) is 0 Å². The van der Waals surface area contributed by atoms with Crippen molar-refractivity contribution >= 4 is 35.0 Å². The van der Waals surface area contributed by atoms with Crippen molar-refractivity contribution in [1.82, 2.24) is 25.1 Å². The van der Waals surface area contributed by atoms with Gasteiger partial charge in [-0.1, -0.05) is 23.7 Å². The normalized spacial score (nSPS) is 17.2. The minimum absolute atomic E-state index is 0.0731. The third-order valence-corrected chi connectivity index (χ3v) is 7.31. The van der Waals surface area contributed by atoms with Gasteiger partial charge in [-0.15, -0.1) is 0 Å². The minimum Gasteiger partial charge on any atom is -0.506 e. The zero-order valence-corrected chi connectivity index (χ0v) is 22.7. The molecule has 13 heteroatoms. The summed E-state index contributed by atoms with van der Waals surface area (Å²) in [6, 6.07) is 11.6. The number of nitrogens with zero attached hydrogens (tertiary/aromatic N) is 4. The van der Waals surface area contributed by atoms with Gasteiger partial charge in [-0.25, -0.2) is 9.67 Å². The Kier molecular flexibility index (Phi) is 8.02. The Labute approximate surface area is 238 Å². The van der Waals surface area contributed by atoms with Gasteiger partial charge in [0.15, 0.2) is 0 Å². The number of aromatic nitrogens is 4. The molecule has 9 nitrogen and oxygen atoms in total. The second-order valence-electron chi connectivity index (χ2n) is 9.87. The average molecular weight is 586 g/mol. The number of amides is 1. The Morgan fingerprint density at radius 3 is 2.51 bits per heavy atom. The van der Waals surface area contributed by atoms with Gasteiger partial charge in [-0.05, 0) is 68.5 Å². The molecule has 1 fully saturated rings. The fraction of sp³-hybridized carbons (Fsp3) is 0.286. The van der Waals surface area contributed by atoms with E-state index >= 15 is 0 Å². The van der Waals surface area contributed by atoms with Crippen molar-refractivity contribution in [3.63, 3.8) is 0 Å². The summed E-state index contributed by atoms with van der Waals surface area (Å²) in [4.78, 5) is 20.6. The van der Waals surface area contributed by atoms with Gasteiger partial charge in [0.05, 0.1) is 6.20 Å². The van der Waals surface area contributed by atoms with Crippen LogP contribution in [-0.4, -0.2) is 49.0 Å². The summed E-state index contributed by atoms with van der Waals surface area (Å²) in [5.41, 5.74) is 3.48. The quantitative estimate of drug-likeness (QED) is 0.206. The maximum absolute atomic E-state index is 12.7. The zero-order chi connectivity index (χ0) is 29.1. The number of nitrogens with one attached hydrogen (secondary N) is 3. The number of aromatic hydroxyl groups is 1. The molecule has 2 aromatic heterocycles. The highest BCUT2D eigenvalue weighted by Gasteiger charge is 2.40. The zero-order valence-electron chi connectivity index (χ0n) is 21.9. The van der Waals surface area contributed by atoms with E-state index in [2.05, 4.69) is 26.0 Å². The fourth-order valence-electron chi connectivity index (χ4n) is 4.71. The molecule has 5 rings (SSSR count). The second kappa shape index (κ2) is 11.7. The number of carbonyl (C=O) groups is 1. The van der Waals surface area contributed by atoms with E-state index in [1.807, 2.05) is 19.1 Å². The number of benzene rings is 2. The van der Waals surface area contributed by atoms with Crippen molar-refractivity contribution in [2.45, 2.75) is 50.9 Å². The number of anilines is 3. The fourth-order valence-corrected chi connectivity index (χ4v) is 4.83. The first-order valence-electron chi connectivity index (χ1n) is 12.9. The largest absolute Gasteiger partial charge is 0.506 e. The van der Waals surface area contributed by atoms with Crippen molar-refractivity contribution in [3.05, 3.63) is 71.6 Å². The van der Waals surface area contributed by atoms with Crippen LogP contribution in [0.3, 0.4) is 0 Å². The van der Waals surface area contributed by atoms with E-state index in [1.165, 1.54) is 0 Å². The molecule has 2 aromatic carbocycles. The smallest absolute Gasteiger partial charge is 0.471 e. The molecular weight excluding hydrogens is 559 g/mol. The third kappa shape index (κ3) is 6.71. The van der Waals surface area contributed by atoms with Crippen LogP contribution in [0.2, 0.25) is 5.02 Å². The molecule has 0 saturated heterocycles. The van der Waals surface area contributed by atoms with Crippen LogP contribution < -0.4 is 16.0 Å². The lowest BCUT2D eigenvalue weighted by Crippen LogP contribution is -2.45. The summed E-state index contributed by atoms with van der Waals surface area (Å²) < 4.78 is 39.6. The first-order valence-corrected chi connectivity index (χ1v) is 13.3. The summed E-state index contributed by atoms with van der Waals surface area (Å²) in [5, 5.41) is 24.0. The number of rotatable bonds is 7. The van der Waals surface area contributed by atoms with Crippen molar-refractivity contribution < 1.29 is 23.1 Å². The lowest BCUT2D eigenvalue weighted by atomic mass is 9.91. The molecule has 41 heavy (non-hydrogen) atoms. The molecule has 1 amide bonds. The van der Waals surface area contributed by atoms with Crippen molar-refractivity contribution in [2.75, 3.05) is 10.6 Å². The summed E-state index contributed by atoms with van der Waals surface area (Å²) in [6.07, 6.45) is 1.97. The van der Waals surface area contributed by atoms with E-state index in [4.69, 9.17) is 16.6 Å². The van der Waals surface area contributed by atoms with Crippen LogP contribution >= 0.6 is 11.6 Å². The molecule has 4 aromatic rings. The van der Waals surface area contributed by atoms with E-state index in [1.54, 1.807) is 53.6 Å². The molecule has 0 atom stereocenters. The molecule has 0 aliphatic heterocycles. The number of carbonyl (C=O) groups excluding carboxylic acids is 1. The van der Waals surface area contributed by atoms with Crippen molar-refractivity contribution in [2.24, 2.45) is 0 Å². The Morgan fingerprint density at radius 2 is 1.80 bits per heavy atom. The van der Waals surface area contributed by atoms with Gasteiger partial charge in [-0.2, -0.15) is 23.3 Å². The Balaban J connectivity index is 1.39. The minimum atomic E-state index is -4.90. The highest BCUT2D eigenvalue weighted by Crippen LogP contribution is 2.32. The highest BCUT2D eigenvalue weighted by atomic mass is 35.5. The van der Waals surface area contributed by atoms with Crippen LogP contribution in [0.1, 0.15) is 31.2 Å². The summed E-state index contributed by atoms with van der Waals surface area (Å²) in [5.74, 6) is -1.00. The van der Waals surface area contributed by atoms with Gasteiger partial charge in [0.2, 0.25) is 5.95 Å². The predicted octanol–water partition coefficient (Wildman–Crippen LogP) is 6.14. The molecular formula is C28H27ClF3N7O2. The van der Waals surface area contributed by atoms with E-state index in [9.17, 15) is 23.1 Å². The van der Waals surface area contributed by atoms with Crippen LogP contribution in [-0.2, 0) is 4.79 Å². The molecule has 4 N–H and O–H groups in total. The van der Waals surface area contributed by atoms with Crippen LogP contribution in [0.25, 0.3) is 16.8 Å². The lowest BCUT2D eigenvalue weighted by Gasteiger charge is -2.30. The Morgan fingerprint density at radius 1 is 1.07 bits per heavy atom. The highest BCUT2D eigenvalue weighted by molar-refractivity contribution is 6.31. The topological polar surface area (TPSA) is 117 Å².